The van der Waals surface area contributed by atoms with Crippen molar-refractivity contribution in [2.45, 2.75) is 11.4 Å². The number of ether oxygens (including phenoxy) is 1. The summed E-state index contributed by atoms with van der Waals surface area (Å²) in [6, 6.07) is 16.2. The van der Waals surface area contributed by atoms with Crippen molar-refractivity contribution in [2.24, 2.45) is 0 Å². The Balaban J connectivity index is 1.76. The van der Waals surface area contributed by atoms with Gasteiger partial charge in [0.15, 0.2) is 15.6 Å². The van der Waals surface area contributed by atoms with Crippen LogP contribution in [0.3, 0.4) is 0 Å². The van der Waals surface area contributed by atoms with Crippen LogP contribution in [0.2, 0.25) is 10.0 Å². The number of ketones is 1. The highest BCUT2D eigenvalue weighted by Crippen LogP contribution is 2.33. The SMILES string of the molecule is O=C(COc1ccc(C(F)(F)F)cc1)CS(=O)(=O)C(c1ccc(Cl)cc1)c1ccc(Cl)cc1. The summed E-state index contributed by atoms with van der Waals surface area (Å²) in [7, 11) is -4.05. The molecule has 0 unspecified atom stereocenters. The Labute approximate surface area is 198 Å². The number of Topliss-reactive ketones (excluding diaryl/α,β-unsaturated/α-hetero) is 1. The lowest BCUT2D eigenvalue weighted by atomic mass is 10.0. The maximum absolute atomic E-state index is 13.2. The number of alkyl halides is 3. The van der Waals surface area contributed by atoms with Gasteiger partial charge in [0.05, 0.1) is 5.56 Å². The molecule has 0 saturated carbocycles. The Morgan fingerprint density at radius 2 is 1.27 bits per heavy atom. The van der Waals surface area contributed by atoms with Gasteiger partial charge in [-0.25, -0.2) is 8.42 Å². The lowest BCUT2D eigenvalue weighted by Gasteiger charge is -2.19. The van der Waals surface area contributed by atoms with Gasteiger partial charge in [-0.2, -0.15) is 13.2 Å². The number of sulfone groups is 1. The summed E-state index contributed by atoms with van der Waals surface area (Å²) >= 11 is 11.8. The van der Waals surface area contributed by atoms with Crippen LogP contribution < -0.4 is 4.74 Å². The van der Waals surface area contributed by atoms with Crippen LogP contribution in [0.1, 0.15) is 21.9 Å². The van der Waals surface area contributed by atoms with Gasteiger partial charge in [-0.3, -0.25) is 4.79 Å². The van der Waals surface area contributed by atoms with E-state index < -0.39 is 45.0 Å². The molecule has 3 aromatic rings. The maximum atomic E-state index is 13.2. The van der Waals surface area contributed by atoms with E-state index >= 15 is 0 Å². The smallest absolute Gasteiger partial charge is 0.416 e. The van der Waals surface area contributed by atoms with E-state index in [1.54, 1.807) is 48.5 Å². The van der Waals surface area contributed by atoms with Crippen LogP contribution >= 0.6 is 23.2 Å². The first-order valence-corrected chi connectivity index (χ1v) is 12.0. The Hall–Kier alpha value is -2.55. The minimum absolute atomic E-state index is 0.0145. The second-order valence-corrected chi connectivity index (χ2v) is 10.1. The second-order valence-electron chi connectivity index (χ2n) is 7.14. The second kappa shape index (κ2) is 10.2. The van der Waals surface area contributed by atoms with E-state index in [4.69, 9.17) is 27.9 Å². The fourth-order valence-electron chi connectivity index (χ4n) is 3.14. The molecular weight excluding hydrogens is 500 g/mol. The first kappa shape index (κ1) is 25.1. The monoisotopic (exact) mass is 516 g/mol. The normalized spacial score (nSPS) is 12.1. The molecule has 4 nitrogen and oxygen atoms in total. The van der Waals surface area contributed by atoms with Crippen molar-refractivity contribution < 1.29 is 31.1 Å². The molecule has 0 fully saturated rings. The standard InChI is InChI=1S/C23H17Cl2F3O4S/c24-18-7-1-15(2-8-18)22(16-3-9-19(25)10-4-16)33(30,31)14-20(29)13-32-21-11-5-17(6-12-21)23(26,27)28/h1-12,22H,13-14H2. The van der Waals surface area contributed by atoms with Crippen LogP contribution in [0.25, 0.3) is 0 Å². The third-order valence-corrected chi connectivity index (χ3v) is 7.14. The molecule has 0 saturated heterocycles. The average Bonchev–Trinajstić information content (AvgIpc) is 2.74. The highest BCUT2D eigenvalue weighted by molar-refractivity contribution is 7.92. The number of benzene rings is 3. The molecule has 0 spiro atoms. The van der Waals surface area contributed by atoms with E-state index in [1.165, 1.54) is 0 Å². The van der Waals surface area contributed by atoms with Crippen molar-refractivity contribution in [3.05, 3.63) is 99.5 Å². The Bertz CT molecular complexity index is 1160. The minimum atomic E-state index is -4.50. The van der Waals surface area contributed by atoms with Crippen molar-refractivity contribution in [2.75, 3.05) is 12.4 Å². The molecule has 0 heterocycles. The van der Waals surface area contributed by atoms with Gasteiger partial charge in [-0.15, -0.1) is 0 Å². The van der Waals surface area contributed by atoms with E-state index in [0.29, 0.717) is 21.2 Å². The van der Waals surface area contributed by atoms with Gasteiger partial charge >= 0.3 is 6.18 Å². The number of carbonyl (C=O) groups is 1. The lowest BCUT2D eigenvalue weighted by molar-refractivity contribution is -0.137. The molecule has 0 atom stereocenters. The fourth-order valence-corrected chi connectivity index (χ4v) is 5.23. The number of hydrogen-bond donors (Lipinski definition) is 0. The predicted molar refractivity (Wildman–Crippen MR) is 120 cm³/mol. The zero-order valence-electron chi connectivity index (χ0n) is 16.9. The van der Waals surface area contributed by atoms with Gasteiger partial charge in [0.25, 0.3) is 0 Å². The van der Waals surface area contributed by atoms with Crippen LogP contribution in [0.15, 0.2) is 72.8 Å². The van der Waals surface area contributed by atoms with Crippen LogP contribution in [-0.4, -0.2) is 26.6 Å². The Morgan fingerprint density at radius 1 is 0.818 bits per heavy atom. The summed E-state index contributed by atoms with van der Waals surface area (Å²) in [5, 5.41) is -0.305. The molecule has 33 heavy (non-hydrogen) atoms. The van der Waals surface area contributed by atoms with Crippen molar-refractivity contribution in [1.29, 1.82) is 0 Å². The minimum Gasteiger partial charge on any atom is -0.486 e. The highest BCUT2D eigenvalue weighted by atomic mass is 35.5. The van der Waals surface area contributed by atoms with E-state index in [2.05, 4.69) is 0 Å². The van der Waals surface area contributed by atoms with E-state index in [0.717, 1.165) is 24.3 Å². The molecule has 0 N–H and O–H groups in total. The van der Waals surface area contributed by atoms with Gasteiger partial charge < -0.3 is 4.74 Å². The highest BCUT2D eigenvalue weighted by Gasteiger charge is 2.32. The summed E-state index contributed by atoms with van der Waals surface area (Å²) < 4.78 is 69.5. The van der Waals surface area contributed by atoms with Crippen molar-refractivity contribution in [3.63, 3.8) is 0 Å². The number of halogens is 5. The topological polar surface area (TPSA) is 60.4 Å². The third kappa shape index (κ3) is 6.72. The molecule has 0 aliphatic rings. The quantitative estimate of drug-likeness (QED) is 0.359. The van der Waals surface area contributed by atoms with Gasteiger partial charge in [0.1, 0.15) is 23.4 Å². The maximum Gasteiger partial charge on any atom is 0.416 e. The summed E-state index contributed by atoms with van der Waals surface area (Å²) in [5.41, 5.74) is -0.0334. The van der Waals surface area contributed by atoms with Crippen LogP contribution in [-0.2, 0) is 20.8 Å². The van der Waals surface area contributed by atoms with Crippen molar-refractivity contribution in [1.82, 2.24) is 0 Å². The van der Waals surface area contributed by atoms with Crippen LogP contribution in [0, 0.1) is 0 Å². The van der Waals surface area contributed by atoms with E-state index in [1.807, 2.05) is 0 Å². The molecular formula is C23H17Cl2F3O4S. The number of carbonyl (C=O) groups excluding carboxylic acids is 1. The van der Waals surface area contributed by atoms with Gasteiger partial charge in [-0.1, -0.05) is 47.5 Å². The van der Waals surface area contributed by atoms with Crippen molar-refractivity contribution in [3.8, 4) is 5.75 Å². The van der Waals surface area contributed by atoms with Crippen LogP contribution in [0.5, 0.6) is 5.75 Å². The molecule has 0 radical (unpaired) electrons. The first-order valence-electron chi connectivity index (χ1n) is 9.50. The van der Waals surface area contributed by atoms with E-state index in [-0.39, 0.29) is 5.75 Å². The first-order chi connectivity index (χ1) is 15.5. The Morgan fingerprint density at radius 3 is 1.70 bits per heavy atom. The fraction of sp³-hybridized carbons (Fsp3) is 0.174. The molecule has 0 aliphatic heterocycles. The lowest BCUT2D eigenvalue weighted by Crippen LogP contribution is -2.26. The molecule has 0 amide bonds. The number of rotatable bonds is 8. The molecule has 3 aromatic carbocycles. The summed E-state index contributed by atoms with van der Waals surface area (Å²) in [5.74, 6) is -1.56. The molecule has 0 bridgehead atoms. The summed E-state index contributed by atoms with van der Waals surface area (Å²) in [6.45, 7) is -0.613. The van der Waals surface area contributed by atoms with Gasteiger partial charge in [-0.05, 0) is 59.7 Å². The summed E-state index contributed by atoms with van der Waals surface area (Å²) in [4.78, 5) is 12.4. The Kier molecular flexibility index (Phi) is 7.72. The molecule has 10 heteroatoms. The molecule has 174 valence electrons. The van der Waals surface area contributed by atoms with Crippen LogP contribution in [0.4, 0.5) is 13.2 Å². The van der Waals surface area contributed by atoms with Crippen molar-refractivity contribution >= 4 is 38.8 Å². The van der Waals surface area contributed by atoms with Gasteiger partial charge in [0, 0.05) is 10.0 Å². The molecule has 0 aliphatic carbocycles. The number of hydrogen-bond acceptors (Lipinski definition) is 4. The van der Waals surface area contributed by atoms with Gasteiger partial charge in [0.2, 0.25) is 0 Å². The zero-order chi connectivity index (χ0) is 24.2. The largest absolute Gasteiger partial charge is 0.486 e. The third-order valence-electron chi connectivity index (χ3n) is 4.65. The molecule has 0 aromatic heterocycles. The molecule has 3 rings (SSSR count). The zero-order valence-corrected chi connectivity index (χ0v) is 19.2. The predicted octanol–water partition coefficient (Wildman–Crippen LogP) is 6.16. The van der Waals surface area contributed by atoms with E-state index in [9.17, 15) is 26.4 Å². The summed E-state index contributed by atoms with van der Waals surface area (Å²) in [6.07, 6.45) is -4.50. The average molecular weight is 517 g/mol.